The number of rotatable bonds is 9. The van der Waals surface area contributed by atoms with Gasteiger partial charge >= 0.3 is 0 Å². The first-order valence-corrected chi connectivity index (χ1v) is 12.1. The minimum absolute atomic E-state index is 0.0340. The van der Waals surface area contributed by atoms with E-state index in [9.17, 15) is 20.4 Å². The van der Waals surface area contributed by atoms with Crippen LogP contribution in [0.3, 0.4) is 0 Å². The number of hydrogen-bond acceptors (Lipinski definition) is 4. The van der Waals surface area contributed by atoms with E-state index in [1.807, 2.05) is 48.5 Å². The van der Waals surface area contributed by atoms with E-state index in [0.717, 1.165) is 47.9 Å². The van der Waals surface area contributed by atoms with Crippen LogP contribution >= 0.6 is 0 Å². The molecular weight excluding hydrogens is 436 g/mol. The molecule has 4 aromatic rings. The van der Waals surface area contributed by atoms with Crippen LogP contribution in [0.25, 0.3) is 0 Å². The largest absolute Gasteiger partial charge is 0.508 e. The normalized spacial score (nSPS) is 12.4. The van der Waals surface area contributed by atoms with Crippen molar-refractivity contribution < 1.29 is 20.4 Å². The number of phenolic OH excluding ortho intramolecular Hbond substituents is 4. The van der Waals surface area contributed by atoms with E-state index in [1.54, 1.807) is 48.5 Å². The van der Waals surface area contributed by atoms with Crippen LogP contribution in [0.4, 0.5) is 0 Å². The quantitative estimate of drug-likeness (QED) is 0.155. The summed E-state index contributed by atoms with van der Waals surface area (Å²) >= 11 is 0. The molecule has 0 saturated heterocycles. The maximum Gasteiger partial charge on any atom is 0.115 e. The number of unbranched alkanes of at least 4 members (excludes halogenated alkanes) is 2. The summed E-state index contributed by atoms with van der Waals surface area (Å²) in [6.07, 6.45) is 4.07. The van der Waals surface area contributed by atoms with Gasteiger partial charge in [-0.25, -0.2) is 0 Å². The highest BCUT2D eigenvalue weighted by atomic mass is 16.3. The predicted octanol–water partition coefficient (Wildman–Crippen LogP) is 7.21. The van der Waals surface area contributed by atoms with E-state index in [4.69, 9.17) is 0 Å². The lowest BCUT2D eigenvalue weighted by molar-refractivity contribution is 0.426. The van der Waals surface area contributed by atoms with Gasteiger partial charge in [0.05, 0.1) is 5.41 Å². The highest BCUT2D eigenvalue weighted by Crippen LogP contribution is 2.52. The molecule has 0 fully saturated rings. The van der Waals surface area contributed by atoms with E-state index >= 15 is 0 Å². The Morgan fingerprint density at radius 2 is 0.857 bits per heavy atom. The zero-order valence-electron chi connectivity index (χ0n) is 19.9. The second-order valence-corrected chi connectivity index (χ2v) is 9.09. The Morgan fingerprint density at radius 3 is 1.20 bits per heavy atom. The van der Waals surface area contributed by atoms with Gasteiger partial charge in [0.25, 0.3) is 0 Å². The fourth-order valence-electron chi connectivity index (χ4n) is 5.21. The summed E-state index contributed by atoms with van der Waals surface area (Å²) in [5, 5.41) is 40.3. The van der Waals surface area contributed by atoms with Gasteiger partial charge in [0.15, 0.2) is 0 Å². The van der Waals surface area contributed by atoms with Crippen LogP contribution in [0.2, 0.25) is 0 Å². The Labute approximate surface area is 206 Å². The lowest BCUT2D eigenvalue weighted by Crippen LogP contribution is -2.36. The summed E-state index contributed by atoms with van der Waals surface area (Å²) in [5.41, 5.74) is 3.34. The minimum atomic E-state index is -0.695. The van der Waals surface area contributed by atoms with Crippen LogP contribution in [0.15, 0.2) is 97.1 Å². The monoisotopic (exact) mass is 468 g/mol. The molecule has 0 aliphatic rings. The van der Waals surface area contributed by atoms with Gasteiger partial charge in [-0.3, -0.25) is 0 Å². The predicted molar refractivity (Wildman–Crippen MR) is 139 cm³/mol. The first-order chi connectivity index (χ1) is 16.9. The second-order valence-electron chi connectivity index (χ2n) is 9.09. The molecule has 4 nitrogen and oxygen atoms in total. The average Bonchev–Trinajstić information content (AvgIpc) is 2.87. The topological polar surface area (TPSA) is 80.9 Å². The molecule has 0 aliphatic heterocycles. The molecule has 0 heterocycles. The van der Waals surface area contributed by atoms with Gasteiger partial charge in [0, 0.05) is 5.92 Å². The van der Waals surface area contributed by atoms with Crippen LogP contribution in [0, 0.1) is 0 Å². The summed E-state index contributed by atoms with van der Waals surface area (Å²) < 4.78 is 0. The van der Waals surface area contributed by atoms with Gasteiger partial charge in [-0.15, -0.1) is 0 Å². The van der Waals surface area contributed by atoms with Crippen LogP contribution < -0.4 is 0 Å². The van der Waals surface area contributed by atoms with E-state index < -0.39 is 5.41 Å². The van der Waals surface area contributed by atoms with Crippen LogP contribution in [-0.4, -0.2) is 20.4 Å². The van der Waals surface area contributed by atoms with Gasteiger partial charge in [0.2, 0.25) is 0 Å². The number of hydrogen-bond donors (Lipinski definition) is 4. The third-order valence-electron chi connectivity index (χ3n) is 6.88. The highest BCUT2D eigenvalue weighted by Gasteiger charge is 2.44. The highest BCUT2D eigenvalue weighted by molar-refractivity contribution is 5.56. The van der Waals surface area contributed by atoms with Crippen molar-refractivity contribution in [3.05, 3.63) is 119 Å². The van der Waals surface area contributed by atoms with Gasteiger partial charge in [0.1, 0.15) is 23.0 Å². The maximum absolute atomic E-state index is 10.1. The molecule has 0 aromatic heterocycles. The Bertz CT molecular complexity index is 1100. The lowest BCUT2D eigenvalue weighted by Gasteiger charge is -2.43. The molecule has 4 aromatic carbocycles. The first kappa shape index (κ1) is 24.2. The van der Waals surface area contributed by atoms with E-state index in [0.29, 0.717) is 0 Å². The van der Waals surface area contributed by atoms with Crippen molar-refractivity contribution in [3.63, 3.8) is 0 Å². The van der Waals surface area contributed by atoms with Crippen molar-refractivity contribution in [2.45, 2.75) is 43.9 Å². The molecule has 4 N–H and O–H groups in total. The van der Waals surface area contributed by atoms with E-state index in [-0.39, 0.29) is 28.9 Å². The average molecular weight is 469 g/mol. The Balaban J connectivity index is 2.07. The van der Waals surface area contributed by atoms with Gasteiger partial charge in [-0.05, 0) is 77.2 Å². The van der Waals surface area contributed by atoms with Gasteiger partial charge in [-0.1, -0.05) is 74.7 Å². The molecule has 1 atom stereocenters. The molecule has 4 rings (SSSR count). The van der Waals surface area contributed by atoms with Crippen LogP contribution in [0.5, 0.6) is 23.0 Å². The van der Waals surface area contributed by atoms with Crippen molar-refractivity contribution in [1.29, 1.82) is 0 Å². The molecule has 0 aliphatic carbocycles. The first-order valence-electron chi connectivity index (χ1n) is 12.1. The zero-order valence-corrected chi connectivity index (χ0v) is 19.9. The second kappa shape index (κ2) is 10.6. The molecule has 180 valence electrons. The molecule has 4 heteroatoms. The molecule has 0 amide bonds. The third kappa shape index (κ3) is 4.97. The summed E-state index contributed by atoms with van der Waals surface area (Å²) in [4.78, 5) is 0. The lowest BCUT2D eigenvalue weighted by atomic mass is 9.58. The maximum atomic E-state index is 10.1. The standard InChI is InChI=1S/C31H32O4/c1-2-3-4-5-30(22-6-14-26(32)15-7-22)31(23-8-16-27(33)17-9-23,24-10-18-28(34)19-11-24)25-12-20-29(35)21-13-25/h6-21,30,32-35H,2-5H2,1H3. The fourth-order valence-corrected chi connectivity index (χ4v) is 5.21. The van der Waals surface area contributed by atoms with Crippen molar-refractivity contribution in [2.24, 2.45) is 0 Å². The number of aromatic hydroxyl groups is 4. The SMILES string of the molecule is CCCCCC(c1ccc(O)cc1)C(c1ccc(O)cc1)(c1ccc(O)cc1)c1ccc(O)cc1. The van der Waals surface area contributed by atoms with E-state index in [2.05, 4.69) is 6.92 Å². The van der Waals surface area contributed by atoms with Crippen molar-refractivity contribution in [3.8, 4) is 23.0 Å². The van der Waals surface area contributed by atoms with Crippen LogP contribution in [-0.2, 0) is 5.41 Å². The number of benzene rings is 4. The summed E-state index contributed by atoms with van der Waals surface area (Å²) in [6, 6.07) is 29.3. The van der Waals surface area contributed by atoms with Crippen LogP contribution in [0.1, 0.15) is 60.8 Å². The number of phenols is 4. The molecule has 0 bridgehead atoms. The summed E-state index contributed by atoms with van der Waals surface area (Å²) in [7, 11) is 0. The van der Waals surface area contributed by atoms with Crippen molar-refractivity contribution >= 4 is 0 Å². The Morgan fingerprint density at radius 1 is 0.514 bits per heavy atom. The fraction of sp³-hybridized carbons (Fsp3) is 0.226. The van der Waals surface area contributed by atoms with Gasteiger partial charge in [-0.2, -0.15) is 0 Å². The zero-order chi connectivity index (χ0) is 24.8. The van der Waals surface area contributed by atoms with Crippen molar-refractivity contribution in [1.82, 2.24) is 0 Å². The molecular formula is C31H32O4. The summed E-state index contributed by atoms with van der Waals surface area (Å²) in [6.45, 7) is 2.18. The van der Waals surface area contributed by atoms with Gasteiger partial charge < -0.3 is 20.4 Å². The Hall–Kier alpha value is -3.92. The van der Waals surface area contributed by atoms with Crippen molar-refractivity contribution in [2.75, 3.05) is 0 Å². The van der Waals surface area contributed by atoms with E-state index in [1.165, 1.54) is 0 Å². The molecule has 0 radical (unpaired) electrons. The minimum Gasteiger partial charge on any atom is -0.508 e. The Kier molecular flexibility index (Phi) is 7.31. The smallest absolute Gasteiger partial charge is 0.115 e. The molecule has 0 spiro atoms. The summed E-state index contributed by atoms with van der Waals surface area (Å²) in [5.74, 6) is 0.738. The molecule has 1 unspecified atom stereocenters. The molecule has 0 saturated carbocycles. The molecule has 35 heavy (non-hydrogen) atoms. The third-order valence-corrected chi connectivity index (χ3v) is 6.88.